The predicted molar refractivity (Wildman–Crippen MR) is 174 cm³/mol. The van der Waals surface area contributed by atoms with Crippen molar-refractivity contribution in [1.29, 1.82) is 0 Å². The molecule has 1 saturated heterocycles. The van der Waals surface area contributed by atoms with Crippen LogP contribution in [0.25, 0.3) is 11.3 Å². The number of piperidine rings is 1. The van der Waals surface area contributed by atoms with E-state index in [0.29, 0.717) is 36.6 Å². The van der Waals surface area contributed by atoms with E-state index in [1.54, 1.807) is 24.4 Å². The van der Waals surface area contributed by atoms with Crippen molar-refractivity contribution in [1.82, 2.24) is 15.3 Å². The molecule has 3 aliphatic rings. The first-order valence-corrected chi connectivity index (χ1v) is 17.7. The third kappa shape index (κ3) is 8.05. The third-order valence-electron chi connectivity index (χ3n) is 10.5. The van der Waals surface area contributed by atoms with Crippen molar-refractivity contribution in [3.05, 3.63) is 72.4 Å². The molecule has 2 aromatic carbocycles. The summed E-state index contributed by atoms with van der Waals surface area (Å²) in [5.41, 5.74) is 0.285. The molecule has 1 N–H and O–H groups in total. The van der Waals surface area contributed by atoms with E-state index < -0.39 is 21.3 Å². The van der Waals surface area contributed by atoms with Gasteiger partial charge in [-0.05, 0) is 98.0 Å². The normalized spacial score (nSPS) is 22.7. The van der Waals surface area contributed by atoms with E-state index in [0.717, 1.165) is 23.0 Å². The molecule has 2 atom stereocenters. The zero-order valence-electron chi connectivity index (χ0n) is 27.2. The zero-order valence-corrected chi connectivity index (χ0v) is 28.0. The molecule has 3 aromatic rings. The fourth-order valence-electron chi connectivity index (χ4n) is 7.39. The van der Waals surface area contributed by atoms with Gasteiger partial charge < -0.3 is 19.1 Å². The molecule has 2 heterocycles. The number of likely N-dealkylation sites (N-methyl/N-ethyl adjacent to an activating group) is 1. The SMILES string of the molecule is CC1(C)C2CCC1(CS(=O)(=O)[O-])C(=O)C2.C[N+]1(CCNC(=O)c2nccc(-c3ccc(Oc4ccc(F)cc4)cc3)n2)CCCCC1. The summed E-state index contributed by atoms with van der Waals surface area (Å²) in [5, 5.41) is 2.96. The molecule has 6 rings (SSSR count). The number of rotatable bonds is 9. The number of nitrogens with zero attached hydrogens (tertiary/aromatic N) is 3. The number of hydrogen-bond acceptors (Lipinski definition) is 8. The Hall–Kier alpha value is -3.74. The highest BCUT2D eigenvalue weighted by Crippen LogP contribution is 2.64. The van der Waals surface area contributed by atoms with Crippen LogP contribution in [0.4, 0.5) is 4.39 Å². The van der Waals surface area contributed by atoms with Gasteiger partial charge in [0.05, 0.1) is 54.8 Å². The van der Waals surface area contributed by atoms with E-state index in [1.165, 1.54) is 44.5 Å². The minimum Gasteiger partial charge on any atom is -0.748 e. The summed E-state index contributed by atoms with van der Waals surface area (Å²) in [7, 11) is -2.07. The monoisotopic (exact) mass is 666 g/mol. The van der Waals surface area contributed by atoms with Gasteiger partial charge in [-0.3, -0.25) is 9.59 Å². The van der Waals surface area contributed by atoms with E-state index in [9.17, 15) is 27.0 Å². The number of nitrogens with one attached hydrogen (secondary N) is 1. The second kappa shape index (κ2) is 13.8. The lowest BCUT2D eigenvalue weighted by Gasteiger charge is -2.37. The Labute approximate surface area is 276 Å². The Kier molecular flexibility index (Phi) is 10.1. The first-order chi connectivity index (χ1) is 22.2. The molecule has 1 aromatic heterocycles. The van der Waals surface area contributed by atoms with E-state index in [2.05, 4.69) is 22.3 Å². The van der Waals surface area contributed by atoms with Gasteiger partial charge >= 0.3 is 0 Å². The number of quaternary nitrogens is 1. The summed E-state index contributed by atoms with van der Waals surface area (Å²) in [6.45, 7) is 7.70. The molecule has 252 valence electrons. The van der Waals surface area contributed by atoms with E-state index in [-0.39, 0.29) is 34.7 Å². The van der Waals surface area contributed by atoms with Gasteiger partial charge in [0.1, 0.15) is 23.1 Å². The van der Waals surface area contributed by atoms with Crippen LogP contribution in [0, 0.1) is 22.6 Å². The predicted octanol–water partition coefficient (Wildman–Crippen LogP) is 5.36. The Morgan fingerprint density at radius 3 is 2.26 bits per heavy atom. The molecule has 2 unspecified atom stereocenters. The molecular weight excluding hydrogens is 623 g/mol. The summed E-state index contributed by atoms with van der Waals surface area (Å²) in [4.78, 5) is 33.0. The van der Waals surface area contributed by atoms with Crippen LogP contribution in [-0.2, 0) is 14.9 Å². The first kappa shape index (κ1) is 34.6. The molecule has 10 nitrogen and oxygen atoms in total. The van der Waals surface area contributed by atoms with Gasteiger partial charge in [-0.15, -0.1) is 0 Å². The van der Waals surface area contributed by atoms with E-state index in [1.807, 2.05) is 38.1 Å². The minimum atomic E-state index is -4.33. The molecule has 47 heavy (non-hydrogen) atoms. The number of aromatic nitrogens is 2. The number of halogens is 1. The van der Waals surface area contributed by atoms with Crippen LogP contribution < -0.4 is 10.1 Å². The Balaban J connectivity index is 0.000000241. The topological polar surface area (TPSA) is 138 Å². The molecule has 3 fully saturated rings. The van der Waals surface area contributed by atoms with Crippen molar-refractivity contribution in [2.45, 2.75) is 52.4 Å². The highest BCUT2D eigenvalue weighted by Gasteiger charge is 2.64. The van der Waals surface area contributed by atoms with Crippen LogP contribution in [-0.4, -0.2) is 78.1 Å². The lowest BCUT2D eigenvalue weighted by molar-refractivity contribution is -0.912. The van der Waals surface area contributed by atoms with Gasteiger partial charge in [0.25, 0.3) is 5.91 Å². The summed E-state index contributed by atoms with van der Waals surface area (Å²) in [5.74, 6) is 0.501. The number of ether oxygens (including phenoxy) is 1. The van der Waals surface area contributed by atoms with Gasteiger partial charge in [-0.2, -0.15) is 0 Å². The average Bonchev–Trinajstić information content (AvgIpc) is 3.37. The number of carbonyl (C=O) groups excluding carboxylic acids is 2. The summed E-state index contributed by atoms with van der Waals surface area (Å²) >= 11 is 0. The van der Waals surface area contributed by atoms with Crippen LogP contribution in [0.2, 0.25) is 0 Å². The summed E-state index contributed by atoms with van der Waals surface area (Å²) in [6, 6.07) is 15.0. The number of hydrogen-bond donors (Lipinski definition) is 1. The molecule has 0 radical (unpaired) electrons. The van der Waals surface area contributed by atoms with Gasteiger partial charge in [-0.1, -0.05) is 13.8 Å². The highest BCUT2D eigenvalue weighted by atomic mass is 32.2. The van der Waals surface area contributed by atoms with Crippen molar-refractivity contribution in [2.75, 3.05) is 39.0 Å². The smallest absolute Gasteiger partial charge is 0.289 e. The largest absolute Gasteiger partial charge is 0.748 e. The van der Waals surface area contributed by atoms with Crippen LogP contribution in [0.15, 0.2) is 60.8 Å². The zero-order chi connectivity index (χ0) is 33.9. The fourth-order valence-corrected chi connectivity index (χ4v) is 8.67. The quantitative estimate of drug-likeness (QED) is 0.238. The second-order valence-electron chi connectivity index (χ2n) is 13.8. The van der Waals surface area contributed by atoms with Gasteiger partial charge in [-0.25, -0.2) is 22.8 Å². The number of ketones is 1. The molecule has 2 saturated carbocycles. The molecular formula is C35H43FN4O6S. The van der Waals surface area contributed by atoms with Crippen molar-refractivity contribution in [3.8, 4) is 22.8 Å². The van der Waals surface area contributed by atoms with Crippen LogP contribution in [0.5, 0.6) is 11.5 Å². The third-order valence-corrected chi connectivity index (χ3v) is 11.3. The Morgan fingerprint density at radius 1 is 1.04 bits per heavy atom. The lowest BCUT2D eigenvalue weighted by Crippen LogP contribution is -2.51. The van der Waals surface area contributed by atoms with Crippen LogP contribution in [0.3, 0.4) is 0 Å². The maximum atomic E-state index is 13.0. The molecule has 2 aliphatic carbocycles. The van der Waals surface area contributed by atoms with Gasteiger partial charge in [0.15, 0.2) is 0 Å². The van der Waals surface area contributed by atoms with Crippen molar-refractivity contribution >= 4 is 21.8 Å². The van der Waals surface area contributed by atoms with E-state index >= 15 is 0 Å². The molecule has 1 aliphatic heterocycles. The number of amides is 1. The number of fused-ring (bicyclic) bond motifs is 2. The fraction of sp³-hybridized carbons (Fsp3) is 0.486. The molecule has 2 bridgehead atoms. The number of benzene rings is 2. The maximum absolute atomic E-state index is 13.0. The maximum Gasteiger partial charge on any atom is 0.289 e. The standard InChI is InChI=1S/C25H27FN4O2.C10H16O4S/c1-30(16-3-2-4-17-30)18-15-28-25(31)24-27-14-13-23(29-24)19-5-9-21(10-6-19)32-22-11-7-20(26)8-12-22;1-9(2)7-3-4-10(9,8(11)5-7)6-15(12,13)14/h5-14H,2-4,15-18H2,1H3;7H,3-6H2,1-2H3,(H,12,13,14). The average molecular weight is 667 g/mol. The summed E-state index contributed by atoms with van der Waals surface area (Å²) < 4.78 is 52.4. The Bertz CT molecular complexity index is 1690. The summed E-state index contributed by atoms with van der Waals surface area (Å²) in [6.07, 6.45) is 7.28. The van der Waals surface area contributed by atoms with Crippen LogP contribution in [0.1, 0.15) is 63.0 Å². The van der Waals surface area contributed by atoms with Gasteiger partial charge in [0.2, 0.25) is 5.82 Å². The van der Waals surface area contributed by atoms with Crippen LogP contribution >= 0.6 is 0 Å². The highest BCUT2D eigenvalue weighted by molar-refractivity contribution is 7.85. The molecule has 12 heteroatoms. The van der Waals surface area contributed by atoms with Crippen molar-refractivity contribution in [3.63, 3.8) is 0 Å². The first-order valence-electron chi connectivity index (χ1n) is 16.2. The Morgan fingerprint density at radius 2 is 1.68 bits per heavy atom. The lowest BCUT2D eigenvalue weighted by atomic mass is 9.70. The number of Topliss-reactive ketones (excluding diaryl/α,β-unsaturated/α-hetero) is 1. The molecule has 0 spiro atoms. The second-order valence-corrected chi connectivity index (χ2v) is 15.2. The van der Waals surface area contributed by atoms with Crippen molar-refractivity contribution < 1.29 is 36.2 Å². The van der Waals surface area contributed by atoms with Gasteiger partial charge in [0, 0.05) is 23.6 Å². The minimum absolute atomic E-state index is 0.0248. The number of likely N-dealkylation sites (tertiary alicyclic amines) is 1. The number of carbonyl (C=O) groups is 2. The molecule has 1 amide bonds. The van der Waals surface area contributed by atoms with E-state index in [4.69, 9.17) is 4.74 Å². The van der Waals surface area contributed by atoms with Crippen molar-refractivity contribution in [2.24, 2.45) is 16.7 Å².